The van der Waals surface area contributed by atoms with Crippen molar-refractivity contribution in [2.75, 3.05) is 0 Å². The lowest BCUT2D eigenvalue weighted by Gasteiger charge is -2.15. The second-order valence-electron chi connectivity index (χ2n) is 5.72. The molecule has 0 unspecified atom stereocenters. The van der Waals surface area contributed by atoms with Gasteiger partial charge in [0.2, 0.25) is 0 Å². The largest absolute Gasteiger partial charge is 0.479 e. The molecule has 1 heterocycles. The zero-order valence-corrected chi connectivity index (χ0v) is 13.6. The molecule has 0 spiro atoms. The summed E-state index contributed by atoms with van der Waals surface area (Å²) >= 11 is 0. The summed E-state index contributed by atoms with van der Waals surface area (Å²) in [6, 6.07) is 10.3. The maximum absolute atomic E-state index is 13.2. The molecule has 6 heteroatoms. The number of carboxylic acid groups (broad SMARTS) is 1. The van der Waals surface area contributed by atoms with Gasteiger partial charge in [-0.25, -0.2) is 14.0 Å². The van der Waals surface area contributed by atoms with E-state index in [2.05, 4.69) is 0 Å². The van der Waals surface area contributed by atoms with Crippen LogP contribution in [0, 0.1) is 12.7 Å². The zero-order valence-electron chi connectivity index (χ0n) is 13.6. The molecule has 1 aromatic heterocycles. The van der Waals surface area contributed by atoms with Gasteiger partial charge < -0.3 is 14.3 Å². The fraction of sp³-hybridized carbons (Fsp3) is 0.158. The van der Waals surface area contributed by atoms with Gasteiger partial charge in [-0.15, -0.1) is 0 Å². The number of aliphatic carboxylic acids is 1. The van der Waals surface area contributed by atoms with Crippen LogP contribution < -0.4 is 10.4 Å². The maximum atomic E-state index is 13.2. The lowest BCUT2D eigenvalue weighted by Crippen LogP contribution is -2.23. The molecule has 0 aliphatic carbocycles. The van der Waals surface area contributed by atoms with Crippen molar-refractivity contribution < 1.29 is 23.4 Å². The molecule has 128 valence electrons. The van der Waals surface area contributed by atoms with Gasteiger partial charge in [-0.05, 0) is 49.2 Å². The molecule has 0 aliphatic heterocycles. The van der Waals surface area contributed by atoms with Crippen molar-refractivity contribution in [2.45, 2.75) is 20.0 Å². The van der Waals surface area contributed by atoms with E-state index in [1.807, 2.05) is 0 Å². The third kappa shape index (κ3) is 3.38. The summed E-state index contributed by atoms with van der Waals surface area (Å²) in [6.07, 6.45) is -1.09. The number of carboxylic acids is 1. The average molecular weight is 342 g/mol. The molecule has 0 fully saturated rings. The van der Waals surface area contributed by atoms with Crippen molar-refractivity contribution in [1.29, 1.82) is 0 Å². The van der Waals surface area contributed by atoms with Crippen molar-refractivity contribution in [1.82, 2.24) is 0 Å². The predicted octanol–water partition coefficient (Wildman–Crippen LogP) is 3.76. The minimum Gasteiger partial charge on any atom is -0.479 e. The van der Waals surface area contributed by atoms with Gasteiger partial charge in [-0.2, -0.15) is 0 Å². The van der Waals surface area contributed by atoms with Crippen LogP contribution in [-0.4, -0.2) is 17.2 Å². The second kappa shape index (κ2) is 6.39. The molecule has 3 rings (SSSR count). The van der Waals surface area contributed by atoms with E-state index in [1.54, 1.807) is 19.1 Å². The second-order valence-corrected chi connectivity index (χ2v) is 5.72. The Morgan fingerprint density at radius 3 is 2.52 bits per heavy atom. The first-order valence-electron chi connectivity index (χ1n) is 7.59. The standard InChI is InChI=1S/C19H15FO5/c1-10-7-15(24-11(2)19(22)23)18-14(9-17(21)25-16(18)8-10)12-3-5-13(20)6-4-12/h3-9,11H,1-2H3,(H,22,23)/t11-/m1/s1. The van der Waals surface area contributed by atoms with E-state index in [0.717, 1.165) is 5.56 Å². The van der Waals surface area contributed by atoms with Gasteiger partial charge in [-0.1, -0.05) is 12.1 Å². The monoisotopic (exact) mass is 342 g/mol. The van der Waals surface area contributed by atoms with Gasteiger partial charge in [-0.3, -0.25) is 0 Å². The lowest BCUT2D eigenvalue weighted by atomic mass is 10.00. The summed E-state index contributed by atoms with van der Waals surface area (Å²) in [6.45, 7) is 3.19. The molecule has 0 bridgehead atoms. The zero-order chi connectivity index (χ0) is 18.1. The van der Waals surface area contributed by atoms with Crippen LogP contribution in [0.15, 0.2) is 51.7 Å². The van der Waals surface area contributed by atoms with Crippen molar-refractivity contribution in [3.63, 3.8) is 0 Å². The summed E-state index contributed by atoms with van der Waals surface area (Å²) in [7, 11) is 0. The van der Waals surface area contributed by atoms with Gasteiger partial charge in [0.15, 0.2) is 6.10 Å². The summed E-state index contributed by atoms with van der Waals surface area (Å²) in [4.78, 5) is 23.1. The normalized spacial score (nSPS) is 12.1. The van der Waals surface area contributed by atoms with Crippen molar-refractivity contribution >= 4 is 16.9 Å². The van der Waals surface area contributed by atoms with E-state index in [9.17, 15) is 14.0 Å². The number of carbonyl (C=O) groups is 1. The minimum atomic E-state index is -1.12. The summed E-state index contributed by atoms with van der Waals surface area (Å²) in [5, 5.41) is 9.57. The predicted molar refractivity (Wildman–Crippen MR) is 90.3 cm³/mol. The fourth-order valence-corrected chi connectivity index (χ4v) is 2.59. The lowest BCUT2D eigenvalue weighted by molar-refractivity contribution is -0.144. The Labute approximate surface area is 142 Å². The SMILES string of the molecule is Cc1cc(O[C@H](C)C(=O)O)c2c(-c3ccc(F)cc3)cc(=O)oc2c1. The topological polar surface area (TPSA) is 76.7 Å². The van der Waals surface area contributed by atoms with Gasteiger partial charge >= 0.3 is 11.6 Å². The van der Waals surface area contributed by atoms with Crippen LogP contribution in [0.4, 0.5) is 4.39 Å². The molecule has 3 aromatic rings. The highest BCUT2D eigenvalue weighted by Crippen LogP contribution is 2.36. The number of benzene rings is 2. The molecule has 0 aliphatic rings. The number of halogens is 1. The van der Waals surface area contributed by atoms with Crippen LogP contribution in [0.3, 0.4) is 0 Å². The molecule has 1 atom stereocenters. The molecule has 0 amide bonds. The highest BCUT2D eigenvalue weighted by Gasteiger charge is 2.19. The first kappa shape index (κ1) is 16.7. The number of fused-ring (bicyclic) bond motifs is 1. The van der Waals surface area contributed by atoms with Gasteiger partial charge in [0.25, 0.3) is 0 Å². The van der Waals surface area contributed by atoms with E-state index in [1.165, 1.54) is 37.3 Å². The quantitative estimate of drug-likeness (QED) is 0.731. The van der Waals surface area contributed by atoms with Crippen LogP contribution in [0.2, 0.25) is 0 Å². The van der Waals surface area contributed by atoms with E-state index in [4.69, 9.17) is 14.3 Å². The summed E-state index contributed by atoms with van der Waals surface area (Å²) in [5.41, 5.74) is 1.54. The Bertz CT molecular complexity index is 1000. The highest BCUT2D eigenvalue weighted by molar-refractivity contribution is 5.98. The Balaban J connectivity index is 2.30. The van der Waals surface area contributed by atoms with E-state index in [0.29, 0.717) is 16.5 Å². The van der Waals surface area contributed by atoms with Crippen LogP contribution in [0.25, 0.3) is 22.1 Å². The Morgan fingerprint density at radius 1 is 1.20 bits per heavy atom. The maximum Gasteiger partial charge on any atom is 0.344 e. The minimum absolute atomic E-state index is 0.277. The van der Waals surface area contributed by atoms with Gasteiger partial charge in [0.1, 0.15) is 17.1 Å². The van der Waals surface area contributed by atoms with Crippen LogP contribution in [0.1, 0.15) is 12.5 Å². The fourth-order valence-electron chi connectivity index (χ4n) is 2.59. The molecule has 1 N–H and O–H groups in total. The van der Waals surface area contributed by atoms with E-state index >= 15 is 0 Å². The summed E-state index contributed by atoms with van der Waals surface area (Å²) in [5.74, 6) is -1.23. The van der Waals surface area contributed by atoms with Crippen molar-refractivity contribution in [2.24, 2.45) is 0 Å². The van der Waals surface area contributed by atoms with Crippen LogP contribution >= 0.6 is 0 Å². The van der Waals surface area contributed by atoms with Crippen molar-refractivity contribution in [3.05, 3.63) is 64.3 Å². The third-order valence-corrected chi connectivity index (χ3v) is 3.76. The molecule has 0 saturated carbocycles. The number of aryl methyl sites for hydroxylation is 1. The van der Waals surface area contributed by atoms with E-state index in [-0.39, 0.29) is 11.3 Å². The van der Waals surface area contributed by atoms with Gasteiger partial charge in [0, 0.05) is 11.6 Å². The number of hydrogen-bond acceptors (Lipinski definition) is 4. The summed E-state index contributed by atoms with van der Waals surface area (Å²) < 4.78 is 24.0. The third-order valence-electron chi connectivity index (χ3n) is 3.76. The van der Waals surface area contributed by atoms with E-state index < -0.39 is 23.5 Å². The number of rotatable bonds is 4. The molecular weight excluding hydrogens is 327 g/mol. The van der Waals surface area contributed by atoms with Crippen molar-refractivity contribution in [3.8, 4) is 16.9 Å². The molecular formula is C19H15FO5. The molecule has 25 heavy (non-hydrogen) atoms. The van der Waals surface area contributed by atoms with Crippen LogP contribution in [0.5, 0.6) is 5.75 Å². The first-order chi connectivity index (χ1) is 11.8. The smallest absolute Gasteiger partial charge is 0.344 e. The average Bonchev–Trinajstić information content (AvgIpc) is 2.54. The molecule has 2 aromatic carbocycles. The molecule has 0 saturated heterocycles. The molecule has 0 radical (unpaired) electrons. The Morgan fingerprint density at radius 2 is 1.88 bits per heavy atom. The Hall–Kier alpha value is -3.15. The Kier molecular flexibility index (Phi) is 4.27. The first-order valence-corrected chi connectivity index (χ1v) is 7.59. The molecule has 5 nitrogen and oxygen atoms in total. The van der Waals surface area contributed by atoms with Crippen LogP contribution in [-0.2, 0) is 4.79 Å². The highest BCUT2D eigenvalue weighted by atomic mass is 19.1. The number of ether oxygens (including phenoxy) is 1. The number of hydrogen-bond donors (Lipinski definition) is 1. The van der Waals surface area contributed by atoms with Gasteiger partial charge in [0.05, 0.1) is 5.39 Å².